The predicted octanol–water partition coefficient (Wildman–Crippen LogP) is 2.97. The summed E-state index contributed by atoms with van der Waals surface area (Å²) in [5.74, 6) is 0. The topological polar surface area (TPSA) is 20.2 Å². The van der Waals surface area contributed by atoms with Crippen LogP contribution in [0.5, 0.6) is 0 Å². The monoisotopic (exact) mass is 138 g/mol. The van der Waals surface area contributed by atoms with E-state index in [1.165, 1.54) is 0 Å². The maximum atomic E-state index is 8.22. The smallest absolute Gasteiger partial charge is 0.0791 e. The van der Waals surface area contributed by atoms with Gasteiger partial charge in [-0.15, -0.1) is 6.58 Å². The SMILES string of the molecule is C=CCCC/C=C/C=C/O. The van der Waals surface area contributed by atoms with Gasteiger partial charge in [-0.1, -0.05) is 18.2 Å². The van der Waals surface area contributed by atoms with Gasteiger partial charge in [0, 0.05) is 0 Å². The molecule has 0 heterocycles. The Hall–Kier alpha value is -0.980. The third-order valence-corrected chi connectivity index (χ3v) is 1.11. The van der Waals surface area contributed by atoms with Crippen molar-refractivity contribution in [2.75, 3.05) is 0 Å². The summed E-state index contributed by atoms with van der Waals surface area (Å²) in [6, 6.07) is 0. The van der Waals surface area contributed by atoms with E-state index in [1.54, 1.807) is 6.08 Å². The van der Waals surface area contributed by atoms with E-state index in [9.17, 15) is 0 Å². The summed E-state index contributed by atoms with van der Waals surface area (Å²) in [5, 5.41) is 8.22. The maximum absolute atomic E-state index is 8.22. The molecule has 0 saturated carbocycles. The lowest BCUT2D eigenvalue weighted by Crippen LogP contribution is -1.66. The van der Waals surface area contributed by atoms with Gasteiger partial charge < -0.3 is 5.11 Å². The van der Waals surface area contributed by atoms with Gasteiger partial charge in [-0.25, -0.2) is 0 Å². The molecule has 0 spiro atoms. The average Bonchev–Trinajstić information content (AvgIpc) is 1.97. The van der Waals surface area contributed by atoms with E-state index in [1.807, 2.05) is 18.2 Å². The Labute approximate surface area is 62.4 Å². The van der Waals surface area contributed by atoms with E-state index in [-0.39, 0.29) is 0 Å². The molecule has 0 aliphatic carbocycles. The highest BCUT2D eigenvalue weighted by Crippen LogP contribution is 1.96. The summed E-state index contributed by atoms with van der Waals surface area (Å²) in [6.45, 7) is 3.62. The Kier molecular flexibility index (Phi) is 7.23. The quantitative estimate of drug-likeness (QED) is 0.268. The van der Waals surface area contributed by atoms with E-state index in [2.05, 4.69) is 6.58 Å². The summed E-state index contributed by atoms with van der Waals surface area (Å²) >= 11 is 0. The van der Waals surface area contributed by atoms with E-state index in [0.29, 0.717) is 0 Å². The second-order valence-electron chi connectivity index (χ2n) is 1.99. The normalized spacial score (nSPS) is 11.2. The Morgan fingerprint density at radius 1 is 1.20 bits per heavy atom. The van der Waals surface area contributed by atoms with Crippen molar-refractivity contribution in [2.24, 2.45) is 0 Å². The second kappa shape index (κ2) is 8.02. The fourth-order valence-electron chi connectivity index (χ4n) is 0.605. The molecule has 1 heteroatoms. The first-order chi connectivity index (χ1) is 4.91. The molecule has 0 rings (SSSR count). The molecule has 0 aliphatic heterocycles. The van der Waals surface area contributed by atoms with Crippen molar-refractivity contribution in [3.05, 3.63) is 37.1 Å². The van der Waals surface area contributed by atoms with Crippen LogP contribution in [0, 0.1) is 0 Å². The minimum Gasteiger partial charge on any atom is -0.516 e. The average molecular weight is 138 g/mol. The molecule has 1 N–H and O–H groups in total. The molecule has 0 amide bonds. The minimum absolute atomic E-state index is 1.03. The van der Waals surface area contributed by atoms with Gasteiger partial charge in [0.05, 0.1) is 6.26 Å². The lowest BCUT2D eigenvalue weighted by atomic mass is 10.2. The van der Waals surface area contributed by atoms with Crippen LogP contribution in [0.1, 0.15) is 19.3 Å². The molecule has 1 nitrogen and oxygen atoms in total. The first-order valence-corrected chi connectivity index (χ1v) is 3.48. The first-order valence-electron chi connectivity index (χ1n) is 3.48. The van der Waals surface area contributed by atoms with Crippen LogP contribution in [0.25, 0.3) is 0 Å². The largest absolute Gasteiger partial charge is 0.516 e. The molecular weight excluding hydrogens is 124 g/mol. The van der Waals surface area contributed by atoms with Gasteiger partial charge >= 0.3 is 0 Å². The second-order valence-corrected chi connectivity index (χ2v) is 1.99. The number of hydrogen-bond donors (Lipinski definition) is 1. The lowest BCUT2D eigenvalue weighted by Gasteiger charge is -1.86. The molecule has 0 aromatic carbocycles. The number of hydrogen-bond acceptors (Lipinski definition) is 1. The minimum atomic E-state index is 1.03. The maximum Gasteiger partial charge on any atom is 0.0791 e. The van der Waals surface area contributed by atoms with Gasteiger partial charge in [-0.3, -0.25) is 0 Å². The van der Waals surface area contributed by atoms with Crippen LogP contribution in [0.3, 0.4) is 0 Å². The molecule has 10 heavy (non-hydrogen) atoms. The summed E-state index contributed by atoms with van der Waals surface area (Å²) in [6.07, 6.45) is 11.7. The Bertz CT molecular complexity index is 123. The Morgan fingerprint density at radius 2 is 2.00 bits per heavy atom. The Morgan fingerprint density at radius 3 is 2.60 bits per heavy atom. The van der Waals surface area contributed by atoms with Gasteiger partial charge in [0.2, 0.25) is 0 Å². The number of unbranched alkanes of at least 4 members (excludes halogenated alkanes) is 2. The number of rotatable bonds is 5. The summed E-state index contributed by atoms with van der Waals surface area (Å²) in [4.78, 5) is 0. The van der Waals surface area contributed by atoms with Crippen LogP contribution in [0.15, 0.2) is 37.1 Å². The van der Waals surface area contributed by atoms with Crippen molar-refractivity contribution >= 4 is 0 Å². The van der Waals surface area contributed by atoms with Gasteiger partial charge in [0.25, 0.3) is 0 Å². The van der Waals surface area contributed by atoms with Crippen molar-refractivity contribution in [3.8, 4) is 0 Å². The van der Waals surface area contributed by atoms with E-state index >= 15 is 0 Å². The highest BCUT2D eigenvalue weighted by atomic mass is 16.2. The zero-order chi connectivity index (χ0) is 7.66. The van der Waals surface area contributed by atoms with E-state index in [4.69, 9.17) is 5.11 Å². The van der Waals surface area contributed by atoms with Crippen molar-refractivity contribution in [2.45, 2.75) is 19.3 Å². The van der Waals surface area contributed by atoms with Crippen molar-refractivity contribution in [1.29, 1.82) is 0 Å². The van der Waals surface area contributed by atoms with Crippen LogP contribution in [0.4, 0.5) is 0 Å². The molecule has 0 saturated heterocycles. The zero-order valence-corrected chi connectivity index (χ0v) is 6.16. The highest BCUT2D eigenvalue weighted by Gasteiger charge is 1.76. The summed E-state index contributed by atoms with van der Waals surface area (Å²) < 4.78 is 0. The standard InChI is InChI=1S/C9H14O/c1-2-3-4-5-6-7-8-9-10/h2,6-10H,1,3-5H2/b7-6+,9-8+. The van der Waals surface area contributed by atoms with Crippen molar-refractivity contribution in [3.63, 3.8) is 0 Å². The molecule has 0 radical (unpaired) electrons. The van der Waals surface area contributed by atoms with Crippen LogP contribution in [-0.4, -0.2) is 5.11 Å². The third-order valence-electron chi connectivity index (χ3n) is 1.11. The summed E-state index contributed by atoms with van der Waals surface area (Å²) in [7, 11) is 0. The molecule has 0 aromatic heterocycles. The molecule has 0 fully saturated rings. The van der Waals surface area contributed by atoms with Crippen molar-refractivity contribution in [1.82, 2.24) is 0 Å². The van der Waals surface area contributed by atoms with Gasteiger partial charge in [0.1, 0.15) is 0 Å². The van der Waals surface area contributed by atoms with Crippen molar-refractivity contribution < 1.29 is 5.11 Å². The zero-order valence-electron chi connectivity index (χ0n) is 6.16. The van der Waals surface area contributed by atoms with E-state index < -0.39 is 0 Å². The highest BCUT2D eigenvalue weighted by molar-refractivity contribution is 4.98. The van der Waals surface area contributed by atoms with Crippen LogP contribution in [-0.2, 0) is 0 Å². The van der Waals surface area contributed by atoms with Gasteiger partial charge in [0.15, 0.2) is 0 Å². The fraction of sp³-hybridized carbons (Fsp3) is 0.333. The summed E-state index contributed by atoms with van der Waals surface area (Å²) in [5.41, 5.74) is 0. The number of allylic oxidation sites excluding steroid dienone is 4. The molecule has 0 aliphatic rings. The molecular formula is C9H14O. The predicted molar refractivity (Wildman–Crippen MR) is 45.0 cm³/mol. The molecule has 0 unspecified atom stereocenters. The molecule has 0 bridgehead atoms. The molecule has 0 atom stereocenters. The number of aliphatic hydroxyl groups excluding tert-OH is 1. The number of aliphatic hydroxyl groups is 1. The van der Waals surface area contributed by atoms with Gasteiger partial charge in [-0.2, -0.15) is 0 Å². The van der Waals surface area contributed by atoms with Gasteiger partial charge in [-0.05, 0) is 25.3 Å². The van der Waals surface area contributed by atoms with E-state index in [0.717, 1.165) is 25.5 Å². The Balaban J connectivity index is 3.09. The lowest BCUT2D eigenvalue weighted by molar-refractivity contribution is 0.473. The molecule has 56 valence electrons. The van der Waals surface area contributed by atoms with Crippen LogP contribution < -0.4 is 0 Å². The van der Waals surface area contributed by atoms with Crippen LogP contribution in [0.2, 0.25) is 0 Å². The van der Waals surface area contributed by atoms with Crippen LogP contribution >= 0.6 is 0 Å². The third kappa shape index (κ3) is 7.02. The fourth-order valence-corrected chi connectivity index (χ4v) is 0.605. The first kappa shape index (κ1) is 9.02. The molecule has 0 aromatic rings.